The van der Waals surface area contributed by atoms with Gasteiger partial charge in [0.05, 0.1) is 10.7 Å². The molecule has 1 atom stereocenters. The summed E-state index contributed by atoms with van der Waals surface area (Å²) in [6.45, 7) is -0.401. The van der Waals surface area contributed by atoms with Crippen LogP contribution in [0.15, 0.2) is 47.8 Å². The summed E-state index contributed by atoms with van der Waals surface area (Å²) in [5.41, 5.74) is 1.94. The van der Waals surface area contributed by atoms with Gasteiger partial charge in [-0.1, -0.05) is 47.5 Å². The standard InChI is InChI=1S/C22H16Cl2N4O3S/c23-13-5-6-16(24)14(9-13)17-11-32-20(25-17)26-18(29)10-28-19(30)22(27-21(28)31)8-7-12-3-1-2-4-15(12)22/h1-6,9,11H,7-8,10H2,(H,27,31)(H,25,26,29). The average Bonchev–Trinajstić information content (AvgIpc) is 3.44. The highest BCUT2D eigenvalue weighted by molar-refractivity contribution is 7.14. The Bertz CT molecular complexity index is 1280. The number of rotatable bonds is 4. The number of carbonyl (C=O) groups excluding carboxylic acids is 3. The van der Waals surface area contributed by atoms with Crippen LogP contribution in [0.25, 0.3) is 11.3 Å². The molecule has 4 amide bonds. The molecule has 5 rings (SSSR count). The molecule has 0 radical (unpaired) electrons. The van der Waals surface area contributed by atoms with Crippen LogP contribution < -0.4 is 10.6 Å². The Kier molecular flexibility index (Phi) is 5.16. The van der Waals surface area contributed by atoms with E-state index >= 15 is 0 Å². The van der Waals surface area contributed by atoms with Gasteiger partial charge in [0.15, 0.2) is 5.13 Å². The number of urea groups is 1. The Hall–Kier alpha value is -2.94. The smallest absolute Gasteiger partial charge is 0.319 e. The Labute approximate surface area is 197 Å². The molecule has 32 heavy (non-hydrogen) atoms. The molecule has 2 aromatic carbocycles. The van der Waals surface area contributed by atoms with Crippen LogP contribution in [0.2, 0.25) is 10.0 Å². The van der Waals surface area contributed by atoms with Crippen LogP contribution in [0.3, 0.4) is 0 Å². The molecular weight excluding hydrogens is 471 g/mol. The molecule has 10 heteroatoms. The van der Waals surface area contributed by atoms with E-state index in [2.05, 4.69) is 15.6 Å². The molecule has 1 unspecified atom stereocenters. The van der Waals surface area contributed by atoms with E-state index in [-0.39, 0.29) is 0 Å². The minimum absolute atomic E-state index is 0.328. The number of halogens is 2. The minimum atomic E-state index is -1.09. The molecule has 0 bridgehead atoms. The van der Waals surface area contributed by atoms with Gasteiger partial charge < -0.3 is 10.6 Å². The zero-order valence-corrected chi connectivity index (χ0v) is 18.9. The van der Waals surface area contributed by atoms with Crippen molar-refractivity contribution in [2.45, 2.75) is 18.4 Å². The highest BCUT2D eigenvalue weighted by Crippen LogP contribution is 2.41. The van der Waals surface area contributed by atoms with Gasteiger partial charge in [-0.3, -0.25) is 14.5 Å². The first kappa shape index (κ1) is 20.9. The fourth-order valence-electron chi connectivity index (χ4n) is 4.18. The Morgan fingerprint density at radius 1 is 1.22 bits per heavy atom. The number of aromatic nitrogens is 1. The number of carbonyl (C=O) groups is 3. The lowest BCUT2D eigenvalue weighted by Gasteiger charge is -2.22. The summed E-state index contributed by atoms with van der Waals surface area (Å²) in [6.07, 6.45) is 1.17. The third kappa shape index (κ3) is 3.44. The third-order valence-corrected chi connectivity index (χ3v) is 7.00. The van der Waals surface area contributed by atoms with Gasteiger partial charge >= 0.3 is 6.03 Å². The topological polar surface area (TPSA) is 91.4 Å². The highest BCUT2D eigenvalue weighted by Gasteiger charge is 2.55. The zero-order chi connectivity index (χ0) is 22.5. The van der Waals surface area contributed by atoms with Gasteiger partial charge in [-0.15, -0.1) is 11.3 Å². The van der Waals surface area contributed by atoms with Crippen molar-refractivity contribution in [2.24, 2.45) is 0 Å². The maximum Gasteiger partial charge on any atom is 0.325 e. The normalized spacial score (nSPS) is 19.4. The average molecular weight is 487 g/mol. The summed E-state index contributed by atoms with van der Waals surface area (Å²) in [4.78, 5) is 43.7. The zero-order valence-electron chi connectivity index (χ0n) is 16.5. The first-order valence-corrected chi connectivity index (χ1v) is 11.4. The summed E-state index contributed by atoms with van der Waals surface area (Å²) in [5, 5.41) is 8.53. The van der Waals surface area contributed by atoms with Crippen LogP contribution in [-0.2, 0) is 21.5 Å². The van der Waals surface area contributed by atoms with E-state index in [4.69, 9.17) is 23.2 Å². The maximum atomic E-state index is 13.2. The van der Waals surface area contributed by atoms with Crippen LogP contribution in [0.1, 0.15) is 17.5 Å². The number of fused-ring (bicyclic) bond motifs is 2. The summed E-state index contributed by atoms with van der Waals surface area (Å²) in [5.74, 6) is -0.928. The lowest BCUT2D eigenvalue weighted by atomic mass is 9.92. The van der Waals surface area contributed by atoms with Crippen molar-refractivity contribution in [3.8, 4) is 11.3 Å². The Balaban J connectivity index is 1.30. The van der Waals surface area contributed by atoms with E-state index in [1.807, 2.05) is 24.3 Å². The van der Waals surface area contributed by atoms with E-state index in [1.165, 1.54) is 11.3 Å². The third-order valence-electron chi connectivity index (χ3n) is 5.68. The summed E-state index contributed by atoms with van der Waals surface area (Å²) in [6, 6.07) is 12.0. The van der Waals surface area contributed by atoms with Crippen molar-refractivity contribution in [2.75, 3.05) is 11.9 Å². The molecule has 1 saturated heterocycles. The van der Waals surface area contributed by atoms with Crippen LogP contribution in [0.4, 0.5) is 9.93 Å². The molecule has 1 aliphatic heterocycles. The van der Waals surface area contributed by atoms with Crippen LogP contribution in [0, 0.1) is 0 Å². The molecule has 7 nitrogen and oxygen atoms in total. The van der Waals surface area contributed by atoms with Crippen molar-refractivity contribution in [1.29, 1.82) is 0 Å². The second kappa shape index (κ2) is 7.88. The van der Waals surface area contributed by atoms with E-state index in [0.717, 1.165) is 16.0 Å². The molecule has 2 N–H and O–H groups in total. The number of imide groups is 1. The van der Waals surface area contributed by atoms with E-state index in [0.29, 0.717) is 39.3 Å². The van der Waals surface area contributed by atoms with E-state index in [1.54, 1.807) is 23.6 Å². The number of amides is 4. The first-order valence-electron chi connectivity index (χ1n) is 9.81. The van der Waals surface area contributed by atoms with E-state index < -0.39 is 29.9 Å². The molecule has 1 fully saturated rings. The number of thiazole rings is 1. The molecule has 0 saturated carbocycles. The number of aryl methyl sites for hydroxylation is 1. The SMILES string of the molecule is O=C(CN1C(=O)NC2(CCc3ccccc32)C1=O)Nc1nc(-c2cc(Cl)ccc2Cl)cs1. The van der Waals surface area contributed by atoms with Crippen molar-refractivity contribution in [3.63, 3.8) is 0 Å². The van der Waals surface area contributed by atoms with Crippen molar-refractivity contribution < 1.29 is 14.4 Å². The van der Waals surface area contributed by atoms with Crippen LogP contribution >= 0.6 is 34.5 Å². The second-order valence-electron chi connectivity index (χ2n) is 7.59. The number of nitrogens with zero attached hydrogens (tertiary/aromatic N) is 2. The van der Waals surface area contributed by atoms with Crippen molar-refractivity contribution >= 4 is 57.5 Å². The number of benzene rings is 2. The molecule has 3 aromatic rings. The fraction of sp³-hybridized carbons (Fsp3) is 0.182. The van der Waals surface area contributed by atoms with Gasteiger partial charge in [0.1, 0.15) is 12.1 Å². The van der Waals surface area contributed by atoms with Gasteiger partial charge in [0.2, 0.25) is 5.91 Å². The lowest BCUT2D eigenvalue weighted by molar-refractivity contribution is -0.134. The van der Waals surface area contributed by atoms with Gasteiger partial charge in [-0.05, 0) is 42.2 Å². The van der Waals surface area contributed by atoms with Crippen molar-refractivity contribution in [1.82, 2.24) is 15.2 Å². The number of hydrogen-bond acceptors (Lipinski definition) is 5. The maximum absolute atomic E-state index is 13.2. The Morgan fingerprint density at radius 2 is 2.03 bits per heavy atom. The molecule has 2 aliphatic rings. The van der Waals surface area contributed by atoms with Crippen molar-refractivity contribution in [3.05, 3.63) is 69.0 Å². The Morgan fingerprint density at radius 3 is 2.88 bits per heavy atom. The minimum Gasteiger partial charge on any atom is -0.319 e. The molecule has 162 valence electrons. The van der Waals surface area contributed by atoms with Crippen LogP contribution in [0.5, 0.6) is 0 Å². The van der Waals surface area contributed by atoms with Crippen LogP contribution in [-0.4, -0.2) is 34.3 Å². The summed E-state index contributed by atoms with van der Waals surface area (Å²) in [7, 11) is 0. The van der Waals surface area contributed by atoms with Gasteiger partial charge in [-0.25, -0.2) is 9.78 Å². The van der Waals surface area contributed by atoms with Gasteiger partial charge in [0, 0.05) is 16.0 Å². The molecule has 1 aromatic heterocycles. The number of nitrogens with one attached hydrogen (secondary N) is 2. The van der Waals surface area contributed by atoms with E-state index in [9.17, 15) is 14.4 Å². The molecule has 2 heterocycles. The summed E-state index contributed by atoms with van der Waals surface area (Å²) >= 11 is 13.5. The first-order chi connectivity index (χ1) is 15.4. The van der Waals surface area contributed by atoms with Gasteiger partial charge in [0.25, 0.3) is 5.91 Å². The number of hydrogen-bond donors (Lipinski definition) is 2. The second-order valence-corrected chi connectivity index (χ2v) is 9.30. The monoisotopic (exact) mass is 486 g/mol. The molecular formula is C22H16Cl2N4O3S. The predicted molar refractivity (Wildman–Crippen MR) is 123 cm³/mol. The summed E-state index contributed by atoms with van der Waals surface area (Å²) < 4.78 is 0. The molecule has 1 spiro atoms. The number of anilines is 1. The largest absolute Gasteiger partial charge is 0.325 e. The predicted octanol–water partition coefficient (Wildman–Crippen LogP) is 4.45. The lowest BCUT2D eigenvalue weighted by Crippen LogP contribution is -2.42. The quantitative estimate of drug-likeness (QED) is 0.532. The fourth-order valence-corrected chi connectivity index (χ4v) is 5.30. The highest BCUT2D eigenvalue weighted by atomic mass is 35.5. The molecule has 1 aliphatic carbocycles. The van der Waals surface area contributed by atoms with Gasteiger partial charge in [-0.2, -0.15) is 0 Å².